The van der Waals surface area contributed by atoms with E-state index >= 15 is 0 Å². The number of ether oxygens (including phenoxy) is 1. The Bertz CT molecular complexity index is 1320. The highest BCUT2D eigenvalue weighted by Gasteiger charge is 2.34. The first kappa shape index (κ1) is 23.7. The van der Waals surface area contributed by atoms with Crippen molar-refractivity contribution in [1.29, 1.82) is 10.5 Å². The summed E-state index contributed by atoms with van der Waals surface area (Å²) < 4.78 is 80.8. The molecule has 0 unspecified atom stereocenters. The van der Waals surface area contributed by atoms with Gasteiger partial charge in [0.1, 0.15) is 29.3 Å². The smallest absolute Gasteiger partial charge is 0.406 e. The first-order chi connectivity index (χ1) is 15.4. The van der Waals surface area contributed by atoms with Gasteiger partial charge < -0.3 is 10.5 Å². The molecule has 0 fully saturated rings. The van der Waals surface area contributed by atoms with Crippen LogP contribution in [-0.4, -0.2) is 11.3 Å². The molecule has 5 nitrogen and oxygen atoms in total. The summed E-state index contributed by atoms with van der Waals surface area (Å²) in [5.74, 6) is -0.993. The van der Waals surface area contributed by atoms with E-state index in [4.69, 9.17) is 17.3 Å². The number of nitriles is 2. The summed E-state index contributed by atoms with van der Waals surface area (Å²) in [6.45, 7) is 0. The SMILES string of the molecule is N#Cc1c(N)nc(-c2cccc(OC(F)(F)F)c2)c(C#N)c1-c1ccc(C(F)(F)F)c(Cl)c1. The molecule has 0 aliphatic carbocycles. The minimum atomic E-state index is -4.98. The van der Waals surface area contributed by atoms with Gasteiger partial charge >= 0.3 is 12.5 Å². The Morgan fingerprint density at radius 3 is 2.12 bits per heavy atom. The van der Waals surface area contributed by atoms with Crippen LogP contribution in [0.25, 0.3) is 22.4 Å². The van der Waals surface area contributed by atoms with Crippen molar-refractivity contribution in [2.24, 2.45) is 0 Å². The Morgan fingerprint density at radius 2 is 1.58 bits per heavy atom. The molecule has 3 aromatic rings. The molecule has 0 saturated heterocycles. The van der Waals surface area contributed by atoms with E-state index in [-0.39, 0.29) is 39.3 Å². The molecule has 0 saturated carbocycles. The summed E-state index contributed by atoms with van der Waals surface area (Å²) in [5, 5.41) is 18.6. The van der Waals surface area contributed by atoms with Crippen molar-refractivity contribution in [1.82, 2.24) is 4.98 Å². The van der Waals surface area contributed by atoms with E-state index in [1.807, 2.05) is 0 Å². The molecule has 0 amide bonds. The highest BCUT2D eigenvalue weighted by Crippen LogP contribution is 2.41. The van der Waals surface area contributed by atoms with Crippen LogP contribution in [0.5, 0.6) is 5.75 Å². The number of halogens is 7. The van der Waals surface area contributed by atoms with Crippen LogP contribution in [0.15, 0.2) is 42.5 Å². The van der Waals surface area contributed by atoms with Gasteiger partial charge in [0.15, 0.2) is 0 Å². The van der Waals surface area contributed by atoms with Gasteiger partial charge in [-0.05, 0) is 29.8 Å². The molecule has 3 rings (SSSR count). The molecule has 0 aliphatic rings. The fourth-order valence-electron chi connectivity index (χ4n) is 3.06. The van der Waals surface area contributed by atoms with Crippen molar-refractivity contribution >= 4 is 17.4 Å². The molecule has 33 heavy (non-hydrogen) atoms. The van der Waals surface area contributed by atoms with Crippen molar-refractivity contribution in [3.8, 4) is 40.3 Å². The first-order valence-corrected chi connectivity index (χ1v) is 9.10. The van der Waals surface area contributed by atoms with Gasteiger partial charge in [-0.15, -0.1) is 13.2 Å². The van der Waals surface area contributed by atoms with E-state index in [0.717, 1.165) is 24.3 Å². The molecule has 2 aromatic carbocycles. The van der Waals surface area contributed by atoms with E-state index < -0.39 is 28.9 Å². The molecule has 0 radical (unpaired) electrons. The van der Waals surface area contributed by atoms with Gasteiger partial charge in [-0.3, -0.25) is 0 Å². The molecule has 12 heteroatoms. The predicted molar refractivity (Wildman–Crippen MR) is 106 cm³/mol. The van der Waals surface area contributed by atoms with Crippen LogP contribution in [0.4, 0.5) is 32.2 Å². The van der Waals surface area contributed by atoms with Crippen LogP contribution in [-0.2, 0) is 6.18 Å². The lowest BCUT2D eigenvalue weighted by Gasteiger charge is -2.16. The topological polar surface area (TPSA) is 95.7 Å². The Kier molecular flexibility index (Phi) is 6.12. The number of rotatable bonds is 3. The average Bonchev–Trinajstić information content (AvgIpc) is 2.70. The number of nitrogen functional groups attached to an aromatic ring is 1. The fraction of sp³-hybridized carbons (Fsp3) is 0.0952. The van der Waals surface area contributed by atoms with Crippen LogP contribution < -0.4 is 10.5 Å². The molecule has 168 valence electrons. The zero-order valence-electron chi connectivity index (χ0n) is 16.0. The van der Waals surface area contributed by atoms with Gasteiger partial charge in [0.05, 0.1) is 21.8 Å². The molecular formula is C21H9ClF6N4O. The number of aromatic nitrogens is 1. The molecule has 1 aromatic heterocycles. The summed E-state index contributed by atoms with van der Waals surface area (Å²) in [6.07, 6.45) is -9.72. The van der Waals surface area contributed by atoms with Gasteiger partial charge in [-0.1, -0.05) is 29.8 Å². The van der Waals surface area contributed by atoms with Crippen molar-refractivity contribution in [2.75, 3.05) is 5.73 Å². The maximum Gasteiger partial charge on any atom is 0.573 e. The number of anilines is 1. The summed E-state index contributed by atoms with van der Waals surface area (Å²) >= 11 is 5.78. The first-order valence-electron chi connectivity index (χ1n) is 8.72. The lowest BCUT2D eigenvalue weighted by molar-refractivity contribution is -0.274. The zero-order chi connectivity index (χ0) is 24.6. The van der Waals surface area contributed by atoms with Crippen molar-refractivity contribution < 1.29 is 31.1 Å². The van der Waals surface area contributed by atoms with Crippen molar-refractivity contribution in [3.63, 3.8) is 0 Å². The van der Waals surface area contributed by atoms with E-state index in [1.165, 1.54) is 12.1 Å². The Balaban J connectivity index is 2.28. The lowest BCUT2D eigenvalue weighted by atomic mass is 9.92. The van der Waals surface area contributed by atoms with Crippen LogP contribution in [0.1, 0.15) is 16.7 Å². The monoisotopic (exact) mass is 482 g/mol. The predicted octanol–water partition coefficient (Wildman–Crippen LogP) is 6.31. The molecule has 0 atom stereocenters. The second-order valence-electron chi connectivity index (χ2n) is 6.46. The molecular weight excluding hydrogens is 474 g/mol. The Labute approximate surface area is 187 Å². The van der Waals surface area contributed by atoms with E-state index in [0.29, 0.717) is 6.07 Å². The average molecular weight is 483 g/mol. The number of hydrogen-bond donors (Lipinski definition) is 1. The number of nitrogens with two attached hydrogens (primary N) is 1. The van der Waals surface area contributed by atoms with Gasteiger partial charge in [0, 0.05) is 11.1 Å². The molecule has 2 N–H and O–H groups in total. The molecule has 0 aliphatic heterocycles. The van der Waals surface area contributed by atoms with Crippen molar-refractivity contribution in [3.05, 3.63) is 64.2 Å². The highest BCUT2D eigenvalue weighted by atomic mass is 35.5. The summed E-state index contributed by atoms with van der Waals surface area (Å²) in [5.41, 5.74) is 3.67. The van der Waals surface area contributed by atoms with Crippen LogP contribution in [0.3, 0.4) is 0 Å². The maximum atomic E-state index is 13.1. The maximum absolute atomic E-state index is 13.1. The zero-order valence-corrected chi connectivity index (χ0v) is 16.8. The van der Waals surface area contributed by atoms with Gasteiger partial charge in [-0.25, -0.2) is 4.98 Å². The Hall–Kier alpha value is -3.96. The van der Waals surface area contributed by atoms with E-state index in [1.54, 1.807) is 12.1 Å². The van der Waals surface area contributed by atoms with Crippen molar-refractivity contribution in [2.45, 2.75) is 12.5 Å². The van der Waals surface area contributed by atoms with E-state index in [2.05, 4.69) is 9.72 Å². The van der Waals surface area contributed by atoms with E-state index in [9.17, 15) is 36.9 Å². The fourth-order valence-corrected chi connectivity index (χ4v) is 3.35. The minimum absolute atomic E-state index is 0.0104. The van der Waals surface area contributed by atoms with Gasteiger partial charge in [0.2, 0.25) is 0 Å². The van der Waals surface area contributed by atoms with Gasteiger partial charge in [-0.2, -0.15) is 23.7 Å². The third-order valence-electron chi connectivity index (χ3n) is 4.35. The third kappa shape index (κ3) is 4.94. The minimum Gasteiger partial charge on any atom is -0.406 e. The summed E-state index contributed by atoms with van der Waals surface area (Å²) in [6, 6.07) is 10.6. The summed E-state index contributed by atoms with van der Waals surface area (Å²) in [7, 11) is 0. The molecule has 1 heterocycles. The number of alkyl halides is 6. The van der Waals surface area contributed by atoms with Crippen LogP contribution in [0, 0.1) is 22.7 Å². The number of pyridine rings is 1. The van der Waals surface area contributed by atoms with Crippen LogP contribution in [0.2, 0.25) is 5.02 Å². The number of hydrogen-bond acceptors (Lipinski definition) is 5. The number of benzene rings is 2. The van der Waals surface area contributed by atoms with Gasteiger partial charge in [0.25, 0.3) is 0 Å². The second kappa shape index (κ2) is 8.52. The quantitative estimate of drug-likeness (QED) is 0.441. The Morgan fingerprint density at radius 1 is 0.909 bits per heavy atom. The second-order valence-corrected chi connectivity index (χ2v) is 6.87. The standard InChI is InChI=1S/C21H9ClF6N4O/c22-16-7-10(4-5-15(16)20(23,24)25)17-13(8-29)18(32-19(31)14(17)9-30)11-2-1-3-12(6-11)33-21(26,27)28/h1-7H,(H2,31,32). The number of nitrogens with zero attached hydrogens (tertiary/aromatic N) is 3. The normalized spacial score (nSPS) is 11.5. The van der Waals surface area contributed by atoms with Crippen LogP contribution >= 0.6 is 11.6 Å². The summed E-state index contributed by atoms with van der Waals surface area (Å²) in [4.78, 5) is 3.97. The highest BCUT2D eigenvalue weighted by molar-refractivity contribution is 6.31. The lowest BCUT2D eigenvalue weighted by Crippen LogP contribution is -2.17. The largest absolute Gasteiger partial charge is 0.573 e. The molecule has 0 bridgehead atoms. The molecule has 0 spiro atoms. The third-order valence-corrected chi connectivity index (χ3v) is 4.67.